The van der Waals surface area contributed by atoms with E-state index < -0.39 is 0 Å². The van der Waals surface area contributed by atoms with Gasteiger partial charge in [-0.2, -0.15) is 0 Å². The molecule has 0 rings (SSSR count). The second-order valence-electron chi connectivity index (χ2n) is 2.55. The highest BCUT2D eigenvalue weighted by Gasteiger charge is 2.09. The Kier molecular flexibility index (Phi) is 4.18. The molecular weight excluding hydrogens is 140 g/mol. The van der Waals surface area contributed by atoms with Gasteiger partial charge in [0, 0.05) is 13.0 Å². The van der Waals surface area contributed by atoms with Gasteiger partial charge < -0.3 is 5.32 Å². The van der Waals surface area contributed by atoms with Gasteiger partial charge in [-0.1, -0.05) is 13.8 Å². The van der Waals surface area contributed by atoms with Crippen molar-refractivity contribution in [3.63, 3.8) is 0 Å². The third-order valence-electron chi connectivity index (χ3n) is 1.21. The molecule has 0 spiro atoms. The first-order valence-electron chi connectivity index (χ1n) is 3.56. The number of carbonyl (C=O) groups excluding carboxylic acids is 1. The van der Waals surface area contributed by atoms with Crippen molar-refractivity contribution in [1.29, 1.82) is 5.41 Å². The quantitative estimate of drug-likeness (QED) is 0.593. The predicted molar refractivity (Wildman–Crippen MR) is 45.8 cm³/mol. The SMILES string of the molecule is CN/C=C\C(=N)C(=O)C(C)C. The monoisotopic (exact) mass is 154 g/mol. The van der Waals surface area contributed by atoms with Gasteiger partial charge in [-0.25, -0.2) is 0 Å². The van der Waals surface area contributed by atoms with Crippen LogP contribution >= 0.6 is 0 Å². The molecule has 0 aliphatic carbocycles. The molecule has 3 heteroatoms. The van der Waals surface area contributed by atoms with Crippen molar-refractivity contribution < 1.29 is 4.79 Å². The lowest BCUT2D eigenvalue weighted by atomic mass is 10.1. The molecule has 0 bridgehead atoms. The zero-order valence-electron chi connectivity index (χ0n) is 7.14. The number of hydrogen-bond acceptors (Lipinski definition) is 3. The molecule has 0 radical (unpaired) electrons. The van der Waals surface area contributed by atoms with Gasteiger partial charge in [0.2, 0.25) is 0 Å². The summed E-state index contributed by atoms with van der Waals surface area (Å²) in [5, 5.41) is 9.97. The van der Waals surface area contributed by atoms with Gasteiger partial charge in [-0.05, 0) is 12.3 Å². The third kappa shape index (κ3) is 3.55. The van der Waals surface area contributed by atoms with Crippen LogP contribution in [0, 0.1) is 11.3 Å². The molecule has 2 N–H and O–H groups in total. The van der Waals surface area contributed by atoms with Crippen molar-refractivity contribution in [3.05, 3.63) is 12.3 Å². The fourth-order valence-electron chi connectivity index (χ4n) is 0.560. The fourth-order valence-corrected chi connectivity index (χ4v) is 0.560. The molecule has 0 aromatic carbocycles. The maximum Gasteiger partial charge on any atom is 0.183 e. The van der Waals surface area contributed by atoms with E-state index in [9.17, 15) is 4.79 Å². The highest BCUT2D eigenvalue weighted by atomic mass is 16.1. The molecule has 0 saturated carbocycles. The Hall–Kier alpha value is -1.12. The van der Waals surface area contributed by atoms with Crippen molar-refractivity contribution in [1.82, 2.24) is 5.32 Å². The van der Waals surface area contributed by atoms with E-state index in [1.54, 1.807) is 27.1 Å². The Morgan fingerprint density at radius 3 is 2.45 bits per heavy atom. The Labute approximate surface area is 67.0 Å². The largest absolute Gasteiger partial charge is 0.394 e. The van der Waals surface area contributed by atoms with Crippen LogP contribution in [-0.4, -0.2) is 18.5 Å². The number of rotatable bonds is 4. The van der Waals surface area contributed by atoms with E-state index in [0.29, 0.717) is 0 Å². The van der Waals surface area contributed by atoms with E-state index in [0.717, 1.165) is 0 Å². The van der Waals surface area contributed by atoms with E-state index in [-0.39, 0.29) is 17.4 Å². The zero-order valence-corrected chi connectivity index (χ0v) is 7.14. The molecular formula is C8H14N2O. The first kappa shape index (κ1) is 9.88. The summed E-state index contributed by atoms with van der Waals surface area (Å²) in [6, 6.07) is 0. The second kappa shape index (κ2) is 4.66. The molecule has 0 unspecified atom stereocenters. The van der Waals surface area contributed by atoms with E-state index in [1.165, 1.54) is 6.08 Å². The highest BCUT2D eigenvalue weighted by Crippen LogP contribution is 1.95. The maximum absolute atomic E-state index is 11.0. The van der Waals surface area contributed by atoms with Crippen LogP contribution in [0.25, 0.3) is 0 Å². The summed E-state index contributed by atoms with van der Waals surface area (Å²) in [7, 11) is 1.73. The van der Waals surface area contributed by atoms with Gasteiger partial charge >= 0.3 is 0 Å². The summed E-state index contributed by atoms with van der Waals surface area (Å²) in [6.07, 6.45) is 3.03. The number of Topliss-reactive ketones (excluding diaryl/α,β-unsaturated/α-hetero) is 1. The van der Waals surface area contributed by atoms with Crippen molar-refractivity contribution in [2.24, 2.45) is 5.92 Å². The summed E-state index contributed by atoms with van der Waals surface area (Å²) < 4.78 is 0. The lowest BCUT2D eigenvalue weighted by Crippen LogP contribution is -2.17. The normalized spacial score (nSPS) is 10.5. The lowest BCUT2D eigenvalue weighted by molar-refractivity contribution is -0.115. The molecule has 0 heterocycles. The molecule has 0 aliphatic heterocycles. The smallest absolute Gasteiger partial charge is 0.183 e. The molecule has 0 amide bonds. The van der Waals surface area contributed by atoms with Crippen molar-refractivity contribution in [3.8, 4) is 0 Å². The number of allylic oxidation sites excluding steroid dienone is 1. The molecule has 0 fully saturated rings. The van der Waals surface area contributed by atoms with Crippen molar-refractivity contribution in [2.45, 2.75) is 13.8 Å². The molecule has 0 saturated heterocycles. The standard InChI is InChI=1S/C8H14N2O/c1-6(2)8(11)7(9)4-5-10-3/h4-6,9-10H,1-3H3/b5-4-,9-7?. The van der Waals surface area contributed by atoms with Crippen LogP contribution in [0.3, 0.4) is 0 Å². The first-order chi connectivity index (χ1) is 5.09. The van der Waals surface area contributed by atoms with Crippen LogP contribution < -0.4 is 5.32 Å². The number of ketones is 1. The minimum absolute atomic E-state index is 0.0503. The summed E-state index contributed by atoms with van der Waals surface area (Å²) >= 11 is 0. The fraction of sp³-hybridized carbons (Fsp3) is 0.500. The second-order valence-corrected chi connectivity index (χ2v) is 2.55. The Balaban J connectivity index is 4.04. The van der Waals surface area contributed by atoms with E-state index in [2.05, 4.69) is 5.32 Å². The van der Waals surface area contributed by atoms with Gasteiger partial charge in [0.15, 0.2) is 5.78 Å². The van der Waals surface area contributed by atoms with Crippen molar-refractivity contribution in [2.75, 3.05) is 7.05 Å². The minimum Gasteiger partial charge on any atom is -0.394 e. The van der Waals surface area contributed by atoms with Crippen LogP contribution in [0.2, 0.25) is 0 Å². The van der Waals surface area contributed by atoms with Crippen LogP contribution in [0.1, 0.15) is 13.8 Å². The summed E-state index contributed by atoms with van der Waals surface area (Å²) in [4.78, 5) is 11.0. The Bertz CT molecular complexity index is 183. The van der Waals surface area contributed by atoms with Crippen LogP contribution in [0.5, 0.6) is 0 Å². The van der Waals surface area contributed by atoms with Crippen molar-refractivity contribution >= 4 is 11.5 Å². The average molecular weight is 154 g/mol. The summed E-state index contributed by atoms with van der Waals surface area (Å²) in [6.45, 7) is 3.56. The molecule has 11 heavy (non-hydrogen) atoms. The van der Waals surface area contributed by atoms with Crippen LogP contribution in [0.4, 0.5) is 0 Å². The lowest BCUT2D eigenvalue weighted by Gasteiger charge is -2.00. The zero-order chi connectivity index (χ0) is 8.85. The molecule has 62 valence electrons. The first-order valence-corrected chi connectivity index (χ1v) is 3.56. The van der Waals surface area contributed by atoms with Gasteiger partial charge in [-0.15, -0.1) is 0 Å². The van der Waals surface area contributed by atoms with Gasteiger partial charge in [-0.3, -0.25) is 10.2 Å². The average Bonchev–Trinajstić information content (AvgIpc) is 1.98. The van der Waals surface area contributed by atoms with Crippen LogP contribution in [-0.2, 0) is 4.79 Å². The molecule has 0 aromatic heterocycles. The molecule has 0 aliphatic rings. The molecule has 3 nitrogen and oxygen atoms in total. The Morgan fingerprint density at radius 2 is 2.09 bits per heavy atom. The Morgan fingerprint density at radius 1 is 1.55 bits per heavy atom. The van der Waals surface area contributed by atoms with Gasteiger partial charge in [0.1, 0.15) is 0 Å². The number of nitrogens with one attached hydrogen (secondary N) is 2. The van der Waals surface area contributed by atoms with E-state index in [4.69, 9.17) is 5.41 Å². The highest BCUT2D eigenvalue weighted by molar-refractivity contribution is 6.43. The predicted octanol–water partition coefficient (Wildman–Crippen LogP) is 0.964. The maximum atomic E-state index is 11.0. The van der Waals surface area contributed by atoms with Gasteiger partial charge in [0.05, 0.1) is 5.71 Å². The number of hydrogen-bond donors (Lipinski definition) is 2. The number of carbonyl (C=O) groups is 1. The summed E-state index contributed by atoms with van der Waals surface area (Å²) in [5.74, 6) is -0.222. The van der Waals surface area contributed by atoms with E-state index >= 15 is 0 Å². The topological polar surface area (TPSA) is 53.0 Å². The van der Waals surface area contributed by atoms with E-state index in [1.807, 2.05) is 0 Å². The third-order valence-corrected chi connectivity index (χ3v) is 1.21. The van der Waals surface area contributed by atoms with Crippen LogP contribution in [0.15, 0.2) is 12.3 Å². The minimum atomic E-state index is -0.128. The summed E-state index contributed by atoms with van der Waals surface area (Å²) in [5.41, 5.74) is 0.0503. The molecule has 0 atom stereocenters. The van der Waals surface area contributed by atoms with Gasteiger partial charge in [0.25, 0.3) is 0 Å². The molecule has 0 aromatic rings.